The molecule has 1 heterocycles. The maximum absolute atomic E-state index is 11.2. The van der Waals surface area contributed by atoms with E-state index in [-0.39, 0.29) is 35.8 Å². The number of guanidine groups is 1. The highest BCUT2D eigenvalue weighted by Gasteiger charge is 2.09. The van der Waals surface area contributed by atoms with Crippen molar-refractivity contribution in [3.05, 3.63) is 11.6 Å². The summed E-state index contributed by atoms with van der Waals surface area (Å²) < 4.78 is 23.4. The molecular formula is C13H25IN4O2S3. The number of hydrogen-bond acceptors (Lipinski definition) is 6. The Labute approximate surface area is 164 Å². The van der Waals surface area contributed by atoms with Crippen LogP contribution in [0.25, 0.3) is 0 Å². The summed E-state index contributed by atoms with van der Waals surface area (Å²) in [6.07, 6.45) is 4.64. The molecule has 0 radical (unpaired) electrons. The van der Waals surface area contributed by atoms with Gasteiger partial charge in [0.2, 0.25) is 0 Å². The molecule has 1 atom stereocenters. The average Bonchev–Trinajstić information content (AvgIpc) is 2.96. The Morgan fingerprint density at radius 2 is 2.26 bits per heavy atom. The lowest BCUT2D eigenvalue weighted by molar-refractivity contribution is 0.581. The van der Waals surface area contributed by atoms with Crippen LogP contribution >= 0.6 is 47.1 Å². The molecule has 1 aromatic heterocycles. The number of nitrogens with one attached hydrogen (secondary N) is 2. The second-order valence-corrected chi connectivity index (χ2v) is 9.46. The topological polar surface area (TPSA) is 83.4 Å². The number of thiazole rings is 1. The van der Waals surface area contributed by atoms with Gasteiger partial charge < -0.3 is 10.6 Å². The van der Waals surface area contributed by atoms with E-state index in [1.165, 1.54) is 6.26 Å². The van der Waals surface area contributed by atoms with Gasteiger partial charge in [-0.25, -0.2) is 13.4 Å². The SMILES string of the molecule is CN=C(NCCCSc1nccs1)NC(C)CCS(C)(=O)=O.I. The summed E-state index contributed by atoms with van der Waals surface area (Å²) in [7, 11) is -1.20. The molecule has 1 unspecified atom stereocenters. The Morgan fingerprint density at radius 1 is 1.52 bits per heavy atom. The number of nitrogens with zero attached hydrogens (tertiary/aromatic N) is 2. The van der Waals surface area contributed by atoms with Crippen molar-refractivity contribution in [1.29, 1.82) is 0 Å². The molecule has 0 aliphatic carbocycles. The predicted molar refractivity (Wildman–Crippen MR) is 111 cm³/mol. The average molecular weight is 492 g/mol. The smallest absolute Gasteiger partial charge is 0.191 e. The van der Waals surface area contributed by atoms with Crippen molar-refractivity contribution in [3.63, 3.8) is 0 Å². The van der Waals surface area contributed by atoms with Crippen LogP contribution in [0.3, 0.4) is 0 Å². The number of aliphatic imine (C=N–C) groups is 1. The van der Waals surface area contributed by atoms with Crippen LogP contribution in [0.2, 0.25) is 0 Å². The third kappa shape index (κ3) is 12.0. The minimum absolute atomic E-state index is 0. The molecule has 0 aliphatic rings. The fourth-order valence-electron chi connectivity index (χ4n) is 1.61. The van der Waals surface area contributed by atoms with Gasteiger partial charge in [0.05, 0.1) is 5.75 Å². The van der Waals surface area contributed by atoms with Crippen LogP contribution < -0.4 is 10.6 Å². The van der Waals surface area contributed by atoms with Gasteiger partial charge in [-0.3, -0.25) is 4.99 Å². The summed E-state index contributed by atoms with van der Waals surface area (Å²) in [5.41, 5.74) is 0. The molecule has 0 spiro atoms. The fourth-order valence-corrected chi connectivity index (χ4v) is 4.04. The van der Waals surface area contributed by atoms with E-state index in [4.69, 9.17) is 0 Å². The van der Waals surface area contributed by atoms with Crippen molar-refractivity contribution in [1.82, 2.24) is 15.6 Å². The molecule has 134 valence electrons. The largest absolute Gasteiger partial charge is 0.356 e. The van der Waals surface area contributed by atoms with E-state index in [9.17, 15) is 8.42 Å². The molecular weight excluding hydrogens is 467 g/mol. The molecule has 0 aromatic carbocycles. The number of halogens is 1. The minimum atomic E-state index is -2.92. The molecule has 1 aromatic rings. The molecule has 0 amide bonds. The first-order chi connectivity index (χ1) is 10.4. The third-order valence-corrected chi connectivity index (χ3v) is 5.81. The van der Waals surface area contributed by atoms with Gasteiger partial charge >= 0.3 is 0 Å². The van der Waals surface area contributed by atoms with Gasteiger partial charge in [-0.05, 0) is 19.8 Å². The summed E-state index contributed by atoms with van der Waals surface area (Å²) in [5, 5.41) is 8.41. The first-order valence-corrected chi connectivity index (χ1v) is 11.0. The Hall–Kier alpha value is -0.0700. The van der Waals surface area contributed by atoms with Crippen LogP contribution in [-0.4, -0.2) is 56.8 Å². The molecule has 0 saturated heterocycles. The minimum Gasteiger partial charge on any atom is -0.356 e. The van der Waals surface area contributed by atoms with Gasteiger partial charge in [-0.1, -0.05) is 11.8 Å². The van der Waals surface area contributed by atoms with Crippen molar-refractivity contribution < 1.29 is 8.42 Å². The molecule has 0 fully saturated rings. The number of hydrogen-bond donors (Lipinski definition) is 2. The van der Waals surface area contributed by atoms with Crippen LogP contribution in [0.5, 0.6) is 0 Å². The molecule has 1 rings (SSSR count). The Bertz CT molecular complexity index is 550. The molecule has 6 nitrogen and oxygen atoms in total. The van der Waals surface area contributed by atoms with E-state index in [0.717, 1.165) is 23.1 Å². The van der Waals surface area contributed by atoms with Crippen molar-refractivity contribution in [2.45, 2.75) is 30.1 Å². The van der Waals surface area contributed by atoms with E-state index in [1.54, 1.807) is 30.1 Å². The Morgan fingerprint density at radius 3 is 2.83 bits per heavy atom. The highest BCUT2D eigenvalue weighted by molar-refractivity contribution is 14.0. The van der Waals surface area contributed by atoms with Crippen molar-refractivity contribution in [2.24, 2.45) is 4.99 Å². The zero-order valence-electron chi connectivity index (χ0n) is 13.6. The van der Waals surface area contributed by atoms with Crippen molar-refractivity contribution >= 4 is 62.9 Å². The predicted octanol–water partition coefficient (Wildman–Crippen LogP) is 2.23. The van der Waals surface area contributed by atoms with Gasteiger partial charge in [0, 0.05) is 43.2 Å². The van der Waals surface area contributed by atoms with E-state index >= 15 is 0 Å². The quantitative estimate of drug-likeness (QED) is 0.181. The molecule has 0 aliphatic heterocycles. The van der Waals surface area contributed by atoms with Crippen LogP contribution in [0.4, 0.5) is 0 Å². The lowest BCUT2D eigenvalue weighted by atomic mass is 10.3. The zero-order valence-corrected chi connectivity index (χ0v) is 18.4. The molecule has 0 saturated carbocycles. The molecule has 23 heavy (non-hydrogen) atoms. The maximum Gasteiger partial charge on any atom is 0.191 e. The first kappa shape index (κ1) is 22.9. The fraction of sp³-hybridized carbons (Fsp3) is 0.692. The summed E-state index contributed by atoms with van der Waals surface area (Å²) in [4.78, 5) is 8.37. The van der Waals surface area contributed by atoms with Gasteiger partial charge in [0.25, 0.3) is 0 Å². The zero-order chi connectivity index (χ0) is 16.4. The molecule has 10 heteroatoms. The van der Waals surface area contributed by atoms with Crippen LogP contribution in [-0.2, 0) is 9.84 Å². The standard InChI is InChI=1S/C13H24N4O2S3.HI/c1-11(5-10-22(3,18)19)17-12(14-2)15-6-4-8-20-13-16-7-9-21-13;/h7,9,11H,4-6,8,10H2,1-3H3,(H2,14,15,17);1H. The second kappa shape index (κ2) is 12.3. The van der Waals surface area contributed by atoms with Crippen LogP contribution in [0.15, 0.2) is 20.9 Å². The van der Waals surface area contributed by atoms with E-state index < -0.39 is 9.84 Å². The van der Waals surface area contributed by atoms with Crippen LogP contribution in [0, 0.1) is 0 Å². The third-order valence-electron chi connectivity index (χ3n) is 2.78. The maximum atomic E-state index is 11.2. The summed E-state index contributed by atoms with van der Waals surface area (Å²) in [6.45, 7) is 2.77. The number of aromatic nitrogens is 1. The number of sulfone groups is 1. The number of thioether (sulfide) groups is 1. The Kier molecular flexibility index (Phi) is 12.3. The van der Waals surface area contributed by atoms with Crippen molar-refractivity contribution in [2.75, 3.05) is 31.4 Å². The van der Waals surface area contributed by atoms with E-state index in [0.29, 0.717) is 12.4 Å². The molecule has 2 N–H and O–H groups in total. The van der Waals surface area contributed by atoms with Gasteiger partial charge in [-0.2, -0.15) is 0 Å². The highest BCUT2D eigenvalue weighted by Crippen LogP contribution is 2.20. The Balaban J connectivity index is 0.00000484. The van der Waals surface area contributed by atoms with Gasteiger partial charge in [0.15, 0.2) is 5.96 Å². The lowest BCUT2D eigenvalue weighted by Crippen LogP contribution is -2.43. The number of rotatable bonds is 9. The lowest BCUT2D eigenvalue weighted by Gasteiger charge is -2.17. The van der Waals surface area contributed by atoms with E-state index in [2.05, 4.69) is 20.6 Å². The second-order valence-electron chi connectivity index (χ2n) is 4.96. The van der Waals surface area contributed by atoms with Crippen molar-refractivity contribution in [3.8, 4) is 0 Å². The monoisotopic (exact) mass is 492 g/mol. The van der Waals surface area contributed by atoms with Gasteiger partial charge in [-0.15, -0.1) is 35.3 Å². The first-order valence-electron chi connectivity index (χ1n) is 7.08. The highest BCUT2D eigenvalue weighted by atomic mass is 127. The summed E-state index contributed by atoms with van der Waals surface area (Å²) in [5.74, 6) is 1.89. The normalized spacial score (nSPS) is 13.3. The van der Waals surface area contributed by atoms with Crippen LogP contribution in [0.1, 0.15) is 19.8 Å². The van der Waals surface area contributed by atoms with E-state index in [1.807, 2.05) is 18.5 Å². The summed E-state index contributed by atoms with van der Waals surface area (Å²) in [6, 6.07) is 0.0608. The molecule has 0 bridgehead atoms. The summed E-state index contributed by atoms with van der Waals surface area (Å²) >= 11 is 3.41. The van der Waals surface area contributed by atoms with Gasteiger partial charge in [0.1, 0.15) is 14.2 Å².